The SMILES string of the molecule is C=C(C)/C(N)=C\C(CNP)=NC. The fraction of sp³-hybridized carbons (Fsp3) is 0.375. The second kappa shape index (κ2) is 5.92. The first-order valence-corrected chi connectivity index (χ1v) is 4.21. The molecule has 0 saturated carbocycles. The highest BCUT2D eigenvalue weighted by molar-refractivity contribution is 7.13. The second-order valence-electron chi connectivity index (χ2n) is 2.48. The summed E-state index contributed by atoms with van der Waals surface area (Å²) >= 11 is 0. The standard InChI is InChI=1S/C8H16N3P/c1-6(2)8(9)4-7(10-3)5-11-12/h4,11H,1,5,9,12H2,2-3H3/b8-4+,10-7?. The van der Waals surface area contributed by atoms with Crippen molar-refractivity contribution in [1.29, 1.82) is 0 Å². The van der Waals surface area contributed by atoms with Gasteiger partial charge in [0.25, 0.3) is 0 Å². The molecule has 0 rings (SSSR count). The molecule has 1 atom stereocenters. The maximum absolute atomic E-state index is 5.67. The molecule has 0 fully saturated rings. The number of hydrogen-bond acceptors (Lipinski definition) is 3. The predicted octanol–water partition coefficient (Wildman–Crippen LogP) is 0.856. The molecule has 0 aliphatic rings. The van der Waals surface area contributed by atoms with Crippen LogP contribution < -0.4 is 10.8 Å². The van der Waals surface area contributed by atoms with Crippen molar-refractivity contribution in [3.8, 4) is 0 Å². The molecule has 0 aliphatic heterocycles. The average molecular weight is 185 g/mol. The van der Waals surface area contributed by atoms with E-state index in [2.05, 4.69) is 26.0 Å². The minimum absolute atomic E-state index is 0.677. The number of aliphatic imine (C=N–C) groups is 1. The zero-order valence-corrected chi connectivity index (χ0v) is 8.75. The molecule has 0 aromatic heterocycles. The van der Waals surface area contributed by atoms with E-state index in [-0.39, 0.29) is 0 Å². The van der Waals surface area contributed by atoms with E-state index in [4.69, 9.17) is 5.73 Å². The molecule has 12 heavy (non-hydrogen) atoms. The van der Waals surface area contributed by atoms with Crippen molar-refractivity contribution in [3.63, 3.8) is 0 Å². The van der Waals surface area contributed by atoms with Crippen LogP contribution in [0.25, 0.3) is 0 Å². The Kier molecular flexibility index (Phi) is 5.60. The monoisotopic (exact) mass is 185 g/mol. The second-order valence-corrected chi connectivity index (χ2v) is 2.88. The molecule has 4 heteroatoms. The summed E-state index contributed by atoms with van der Waals surface area (Å²) in [5.74, 6) is 0. The van der Waals surface area contributed by atoms with Crippen LogP contribution in [0.4, 0.5) is 0 Å². The molecule has 0 spiro atoms. The Morgan fingerprint density at radius 1 is 1.75 bits per heavy atom. The normalized spacial score (nSPS) is 13.2. The third-order valence-electron chi connectivity index (χ3n) is 1.39. The molecule has 68 valence electrons. The fourth-order valence-corrected chi connectivity index (χ4v) is 0.811. The summed E-state index contributed by atoms with van der Waals surface area (Å²) in [5, 5.41) is 2.92. The van der Waals surface area contributed by atoms with Crippen molar-refractivity contribution < 1.29 is 0 Å². The first-order valence-electron chi connectivity index (χ1n) is 3.64. The van der Waals surface area contributed by atoms with Crippen LogP contribution in [-0.2, 0) is 0 Å². The lowest BCUT2D eigenvalue weighted by Gasteiger charge is -2.01. The largest absolute Gasteiger partial charge is 0.398 e. The van der Waals surface area contributed by atoms with Crippen LogP contribution in [0.1, 0.15) is 6.92 Å². The summed E-state index contributed by atoms with van der Waals surface area (Å²) in [4.78, 5) is 4.04. The number of nitrogens with two attached hydrogens (primary N) is 1. The van der Waals surface area contributed by atoms with Crippen molar-refractivity contribution in [2.75, 3.05) is 13.6 Å². The molecule has 0 aromatic carbocycles. The lowest BCUT2D eigenvalue weighted by atomic mass is 10.2. The Bertz CT molecular complexity index is 218. The van der Waals surface area contributed by atoms with E-state index in [9.17, 15) is 0 Å². The number of nitrogens with one attached hydrogen (secondary N) is 1. The molecule has 0 aliphatic carbocycles. The van der Waals surface area contributed by atoms with Gasteiger partial charge in [0.2, 0.25) is 0 Å². The summed E-state index contributed by atoms with van der Waals surface area (Å²) in [7, 11) is 4.15. The molecule has 3 N–H and O–H groups in total. The average Bonchev–Trinajstić information content (AvgIpc) is 2.03. The fourth-order valence-electron chi connectivity index (χ4n) is 0.602. The quantitative estimate of drug-likeness (QED) is 0.387. The van der Waals surface area contributed by atoms with E-state index >= 15 is 0 Å². The Balaban J connectivity index is 4.37. The minimum Gasteiger partial charge on any atom is -0.398 e. The minimum atomic E-state index is 0.677. The summed E-state index contributed by atoms with van der Waals surface area (Å²) in [6, 6.07) is 0. The van der Waals surface area contributed by atoms with Gasteiger partial charge in [0, 0.05) is 19.3 Å². The topological polar surface area (TPSA) is 50.4 Å². The summed E-state index contributed by atoms with van der Waals surface area (Å²) in [5.41, 5.74) is 8.11. The Hall–Kier alpha value is -0.660. The molecule has 0 amide bonds. The summed E-state index contributed by atoms with van der Waals surface area (Å²) in [6.45, 7) is 6.29. The van der Waals surface area contributed by atoms with Gasteiger partial charge in [0.1, 0.15) is 0 Å². The molecule has 0 aromatic rings. The number of hydrogen-bond donors (Lipinski definition) is 2. The lowest BCUT2D eigenvalue weighted by Crippen LogP contribution is -2.14. The van der Waals surface area contributed by atoms with E-state index in [0.29, 0.717) is 12.2 Å². The van der Waals surface area contributed by atoms with Crippen LogP contribution in [0.3, 0.4) is 0 Å². The van der Waals surface area contributed by atoms with Crippen molar-refractivity contribution in [3.05, 3.63) is 23.9 Å². The van der Waals surface area contributed by atoms with Crippen molar-refractivity contribution in [1.82, 2.24) is 5.09 Å². The molecule has 0 radical (unpaired) electrons. The van der Waals surface area contributed by atoms with Gasteiger partial charge in [-0.15, -0.1) is 0 Å². The summed E-state index contributed by atoms with van der Waals surface area (Å²) < 4.78 is 0. The van der Waals surface area contributed by atoms with Gasteiger partial charge >= 0.3 is 0 Å². The highest BCUT2D eigenvalue weighted by atomic mass is 31.0. The van der Waals surface area contributed by atoms with Gasteiger partial charge in [-0.05, 0) is 18.6 Å². The van der Waals surface area contributed by atoms with E-state index < -0.39 is 0 Å². The third-order valence-corrected chi connectivity index (χ3v) is 1.59. The van der Waals surface area contributed by atoms with Crippen LogP contribution in [0.15, 0.2) is 28.9 Å². The van der Waals surface area contributed by atoms with Crippen LogP contribution >= 0.6 is 9.39 Å². The molecular formula is C8H16N3P. The maximum Gasteiger partial charge on any atom is 0.0506 e. The molecule has 3 nitrogen and oxygen atoms in total. The first kappa shape index (κ1) is 11.3. The smallest absolute Gasteiger partial charge is 0.0506 e. The van der Waals surface area contributed by atoms with Crippen LogP contribution in [0, 0.1) is 0 Å². The number of nitrogens with zero attached hydrogens (tertiary/aromatic N) is 1. The van der Waals surface area contributed by atoms with Crippen LogP contribution in [-0.4, -0.2) is 19.3 Å². The van der Waals surface area contributed by atoms with Gasteiger partial charge in [-0.1, -0.05) is 16.0 Å². The molecular weight excluding hydrogens is 169 g/mol. The van der Waals surface area contributed by atoms with Gasteiger partial charge in [0.15, 0.2) is 0 Å². The predicted molar refractivity (Wildman–Crippen MR) is 58.2 cm³/mol. The Labute approximate surface area is 76.1 Å². The van der Waals surface area contributed by atoms with E-state index in [1.54, 1.807) is 7.05 Å². The molecule has 0 saturated heterocycles. The van der Waals surface area contributed by atoms with Gasteiger partial charge in [0.05, 0.1) is 5.71 Å². The van der Waals surface area contributed by atoms with Crippen LogP contribution in [0.5, 0.6) is 0 Å². The first-order chi connectivity index (χ1) is 5.61. The maximum atomic E-state index is 5.67. The molecule has 0 heterocycles. The highest BCUT2D eigenvalue weighted by Gasteiger charge is 1.94. The van der Waals surface area contributed by atoms with Gasteiger partial charge in [-0.25, -0.2) is 0 Å². The molecule has 0 bridgehead atoms. The Morgan fingerprint density at radius 3 is 2.67 bits per heavy atom. The Morgan fingerprint density at radius 2 is 2.33 bits per heavy atom. The van der Waals surface area contributed by atoms with Crippen molar-refractivity contribution in [2.24, 2.45) is 10.7 Å². The van der Waals surface area contributed by atoms with E-state index in [1.165, 1.54) is 0 Å². The van der Waals surface area contributed by atoms with Gasteiger partial charge in [-0.3, -0.25) is 10.1 Å². The number of allylic oxidation sites excluding steroid dienone is 1. The van der Waals surface area contributed by atoms with E-state index in [1.807, 2.05) is 13.0 Å². The zero-order valence-electron chi connectivity index (χ0n) is 7.59. The zero-order chi connectivity index (χ0) is 9.56. The third kappa shape index (κ3) is 4.27. The van der Waals surface area contributed by atoms with E-state index in [0.717, 1.165) is 11.3 Å². The molecule has 1 unspecified atom stereocenters. The van der Waals surface area contributed by atoms with Gasteiger partial charge < -0.3 is 5.73 Å². The number of rotatable bonds is 4. The van der Waals surface area contributed by atoms with Crippen molar-refractivity contribution >= 4 is 15.1 Å². The summed E-state index contributed by atoms with van der Waals surface area (Å²) in [6.07, 6.45) is 1.82. The van der Waals surface area contributed by atoms with Crippen LogP contribution in [0.2, 0.25) is 0 Å². The highest BCUT2D eigenvalue weighted by Crippen LogP contribution is 1.98. The van der Waals surface area contributed by atoms with Gasteiger partial charge in [-0.2, -0.15) is 0 Å². The van der Waals surface area contributed by atoms with Crippen molar-refractivity contribution in [2.45, 2.75) is 6.92 Å². The lowest BCUT2D eigenvalue weighted by molar-refractivity contribution is 1.16.